The summed E-state index contributed by atoms with van der Waals surface area (Å²) in [5, 5.41) is 121. The van der Waals surface area contributed by atoms with Crippen LogP contribution in [0, 0.1) is 0 Å². The highest BCUT2D eigenvalue weighted by Gasteiger charge is 2.54. The lowest BCUT2D eigenvalue weighted by atomic mass is 9.96. The molecule has 111 heavy (non-hydrogen) atoms. The molecule has 0 spiro atoms. The second kappa shape index (κ2) is 70.9. The van der Waals surface area contributed by atoms with Crippen LogP contribution in [0.2, 0.25) is 0 Å². The van der Waals surface area contributed by atoms with Gasteiger partial charge in [0.2, 0.25) is 5.91 Å². The Morgan fingerprint density at radius 2 is 0.631 bits per heavy atom. The van der Waals surface area contributed by atoms with Crippen molar-refractivity contribution in [2.24, 2.45) is 0 Å². The van der Waals surface area contributed by atoms with E-state index < -0.39 is 124 Å². The maximum absolute atomic E-state index is 13.5. The Hall–Kier alpha value is -3.29. The first-order valence-corrected chi connectivity index (χ1v) is 45.0. The first-order valence-electron chi connectivity index (χ1n) is 45.0. The summed E-state index contributed by atoms with van der Waals surface area (Å²) in [7, 11) is 0. The molecule has 0 aromatic heterocycles. The molecule has 3 fully saturated rings. The molecule has 3 aliphatic rings. The molecule has 0 bridgehead atoms. The minimum atomic E-state index is -1.99. The van der Waals surface area contributed by atoms with Gasteiger partial charge >= 0.3 is 0 Å². The fourth-order valence-corrected chi connectivity index (χ4v) is 14.7. The van der Waals surface area contributed by atoms with E-state index in [1.165, 1.54) is 238 Å². The third kappa shape index (κ3) is 49.5. The smallest absolute Gasteiger partial charge is 0.220 e. The Labute approximate surface area is 673 Å². The number of carbonyl (C=O) groups is 1. The Kier molecular flexibility index (Phi) is 65.1. The standard InChI is InChI=1S/C92H163NO18/c1-3-5-7-9-11-13-15-17-19-21-23-25-27-29-31-33-35-36-37-38-40-42-44-46-48-50-52-54-56-58-60-62-64-66-68-70-80(98)93-75(76(97)69-67-65-63-61-59-57-55-53-51-49-47-45-43-41-39-34-32-30-28-26-24-22-20-18-16-14-12-10-8-6-4-2)74-106-90-86(104)83(101)88(78(72-95)108-90)111-92-87(105)84(102)89(79(73-96)109-92)110-91-85(103)82(100)81(99)77(71-94)107-91/h5,7,11,13,17,19,23,25,29,31,51,53,59,61,67,69,75-79,81-92,94-97,99-105H,3-4,6,8-10,12,14-16,18,20-22,24,26-28,30,32-50,52,54-58,60,62-66,68,70-74H2,1-2H3,(H,93,98)/b7-5-,13-11-,19-17-,25-23-,31-29-,53-51+,61-59+,69-67+. The van der Waals surface area contributed by atoms with Crippen LogP contribution in [0.5, 0.6) is 0 Å². The second-order valence-electron chi connectivity index (χ2n) is 31.7. The molecule has 3 heterocycles. The van der Waals surface area contributed by atoms with Crippen molar-refractivity contribution in [3.05, 3.63) is 97.2 Å². The number of amides is 1. The number of aliphatic hydroxyl groups is 11. The van der Waals surface area contributed by atoms with E-state index in [2.05, 4.69) is 104 Å². The molecule has 17 atom stereocenters. The number of hydrogen-bond acceptors (Lipinski definition) is 18. The summed E-state index contributed by atoms with van der Waals surface area (Å²) in [5.41, 5.74) is 0. The van der Waals surface area contributed by atoms with Crippen LogP contribution < -0.4 is 5.32 Å². The maximum atomic E-state index is 13.5. The Morgan fingerprint density at radius 3 is 1.01 bits per heavy atom. The van der Waals surface area contributed by atoms with Crippen molar-refractivity contribution >= 4 is 5.91 Å². The van der Waals surface area contributed by atoms with Gasteiger partial charge in [-0.1, -0.05) is 349 Å². The van der Waals surface area contributed by atoms with Gasteiger partial charge in [0.1, 0.15) is 73.2 Å². The number of ether oxygens (including phenoxy) is 6. The van der Waals surface area contributed by atoms with E-state index in [4.69, 9.17) is 28.4 Å². The highest BCUT2D eigenvalue weighted by Crippen LogP contribution is 2.33. The van der Waals surface area contributed by atoms with Crippen LogP contribution in [0.4, 0.5) is 0 Å². The van der Waals surface area contributed by atoms with Gasteiger partial charge in [-0.15, -0.1) is 0 Å². The lowest BCUT2D eigenvalue weighted by molar-refractivity contribution is -0.379. The summed E-state index contributed by atoms with van der Waals surface area (Å²) >= 11 is 0. The molecule has 0 aromatic carbocycles. The quantitative estimate of drug-likeness (QED) is 0.0199. The van der Waals surface area contributed by atoms with Gasteiger partial charge in [0.25, 0.3) is 0 Å². The molecule has 19 nitrogen and oxygen atoms in total. The first kappa shape index (κ1) is 102. The van der Waals surface area contributed by atoms with Crippen LogP contribution >= 0.6 is 0 Å². The van der Waals surface area contributed by atoms with E-state index in [1.807, 2.05) is 6.08 Å². The molecule has 19 heteroatoms. The zero-order valence-corrected chi connectivity index (χ0v) is 69.4. The van der Waals surface area contributed by atoms with Gasteiger partial charge in [-0.25, -0.2) is 0 Å². The topological polar surface area (TPSA) is 307 Å². The lowest BCUT2D eigenvalue weighted by Gasteiger charge is -2.48. The molecule has 12 N–H and O–H groups in total. The number of nitrogens with one attached hydrogen (secondary N) is 1. The van der Waals surface area contributed by atoms with Crippen molar-refractivity contribution in [3.63, 3.8) is 0 Å². The van der Waals surface area contributed by atoms with Crippen molar-refractivity contribution < 1.29 is 89.4 Å². The van der Waals surface area contributed by atoms with Crippen LogP contribution in [0.1, 0.15) is 348 Å². The van der Waals surface area contributed by atoms with Crippen molar-refractivity contribution in [3.8, 4) is 0 Å². The summed E-state index contributed by atoms with van der Waals surface area (Å²) < 4.78 is 34.5. The number of hydrogen-bond donors (Lipinski definition) is 12. The summed E-state index contributed by atoms with van der Waals surface area (Å²) in [5.74, 6) is -0.287. The maximum Gasteiger partial charge on any atom is 0.220 e. The highest BCUT2D eigenvalue weighted by atomic mass is 16.8. The van der Waals surface area contributed by atoms with Gasteiger partial charge in [0.05, 0.1) is 38.6 Å². The monoisotopic (exact) mass is 1570 g/mol. The van der Waals surface area contributed by atoms with Gasteiger partial charge in [0, 0.05) is 6.42 Å². The summed E-state index contributed by atoms with van der Waals surface area (Å²) in [6, 6.07) is -1.00. The molecular weight excluding hydrogens is 1410 g/mol. The van der Waals surface area contributed by atoms with Gasteiger partial charge in [0.15, 0.2) is 18.9 Å². The van der Waals surface area contributed by atoms with E-state index >= 15 is 0 Å². The van der Waals surface area contributed by atoms with Crippen LogP contribution in [0.15, 0.2) is 97.2 Å². The average Bonchev–Trinajstić information content (AvgIpc) is 0.780. The summed E-state index contributed by atoms with van der Waals surface area (Å²) in [6.07, 6.45) is 71.3. The van der Waals surface area contributed by atoms with Crippen LogP contribution in [0.3, 0.4) is 0 Å². The van der Waals surface area contributed by atoms with E-state index in [9.17, 15) is 61.0 Å². The normalized spacial score (nSPS) is 25.5. The zero-order chi connectivity index (χ0) is 80.3. The molecule has 0 aromatic rings. The molecular formula is C92H163NO18. The largest absolute Gasteiger partial charge is 0.394 e. The number of aliphatic hydroxyl groups excluding tert-OH is 11. The SMILES string of the molecule is CC/C=C\C/C=C\C/C=C\C/C=C\C/C=C\CCCCCCCCCCCCCCCCCCCCCC(=O)NC(COC1OC(CO)C(OC2OC(CO)C(OC3OC(CO)C(O)C(O)C3O)C(O)C2O)C(O)C1O)C(O)/C=C/CC/C=C/CC/C=C/CCCCCCCCCCCCCCCCCCCCCCC. The van der Waals surface area contributed by atoms with Gasteiger partial charge in [-0.05, 0) is 89.9 Å². The third-order valence-corrected chi connectivity index (χ3v) is 21.8. The molecule has 644 valence electrons. The average molecular weight is 1570 g/mol. The van der Waals surface area contributed by atoms with Crippen molar-refractivity contribution in [1.29, 1.82) is 0 Å². The van der Waals surface area contributed by atoms with Crippen molar-refractivity contribution in [2.75, 3.05) is 26.4 Å². The predicted octanol–water partition coefficient (Wildman–Crippen LogP) is 17.1. The van der Waals surface area contributed by atoms with Crippen LogP contribution in [-0.2, 0) is 33.2 Å². The van der Waals surface area contributed by atoms with E-state index in [0.29, 0.717) is 12.8 Å². The van der Waals surface area contributed by atoms with E-state index in [0.717, 1.165) is 77.0 Å². The third-order valence-electron chi connectivity index (χ3n) is 21.8. The Bertz CT molecular complexity index is 2380. The molecule has 3 aliphatic heterocycles. The molecule has 17 unspecified atom stereocenters. The molecule has 3 saturated heterocycles. The molecule has 0 aliphatic carbocycles. The molecule has 0 radical (unpaired) electrons. The van der Waals surface area contributed by atoms with Gasteiger partial charge < -0.3 is 89.9 Å². The first-order chi connectivity index (χ1) is 54.3. The fraction of sp³-hybridized carbons (Fsp3) is 0.815. The second-order valence-corrected chi connectivity index (χ2v) is 31.7. The fourth-order valence-electron chi connectivity index (χ4n) is 14.7. The number of unbranched alkanes of at least 4 members (excludes halogenated alkanes) is 42. The molecule has 1 amide bonds. The number of rotatable bonds is 72. The zero-order valence-electron chi connectivity index (χ0n) is 69.4. The molecule has 0 saturated carbocycles. The Balaban J connectivity index is 1.34. The van der Waals surface area contributed by atoms with E-state index in [-0.39, 0.29) is 18.9 Å². The summed E-state index contributed by atoms with van der Waals surface area (Å²) in [6.45, 7) is 1.64. The van der Waals surface area contributed by atoms with Crippen molar-refractivity contribution in [2.45, 2.75) is 452 Å². The number of allylic oxidation sites excluding steroid dienone is 15. The van der Waals surface area contributed by atoms with Crippen LogP contribution in [-0.4, -0.2) is 193 Å². The Morgan fingerprint density at radius 1 is 0.333 bits per heavy atom. The highest BCUT2D eigenvalue weighted by molar-refractivity contribution is 5.76. The van der Waals surface area contributed by atoms with Gasteiger partial charge in [-0.3, -0.25) is 4.79 Å². The minimum Gasteiger partial charge on any atom is -0.394 e. The van der Waals surface area contributed by atoms with Crippen LogP contribution in [0.25, 0.3) is 0 Å². The van der Waals surface area contributed by atoms with E-state index in [1.54, 1.807) is 6.08 Å². The lowest BCUT2D eigenvalue weighted by Crippen LogP contribution is -2.66. The molecule has 3 rings (SSSR count). The minimum absolute atomic E-state index is 0.230. The van der Waals surface area contributed by atoms with Gasteiger partial charge in [-0.2, -0.15) is 0 Å². The summed E-state index contributed by atoms with van der Waals surface area (Å²) in [4.78, 5) is 13.5. The number of carbonyl (C=O) groups excluding carboxylic acids is 1. The van der Waals surface area contributed by atoms with Crippen molar-refractivity contribution in [1.82, 2.24) is 5.32 Å². The predicted molar refractivity (Wildman–Crippen MR) is 447 cm³/mol.